The molecule has 1 aromatic heterocycles. The predicted octanol–water partition coefficient (Wildman–Crippen LogP) is 3.93. The Balaban J connectivity index is 3.15. The monoisotopic (exact) mass is 295 g/mol. The van der Waals surface area contributed by atoms with Crippen molar-refractivity contribution in [2.24, 2.45) is 0 Å². The first kappa shape index (κ1) is 18.2. The number of hydrogen-bond acceptors (Lipinski definition) is 3. The lowest BCUT2D eigenvalue weighted by atomic mass is 9.85. The molecule has 0 aliphatic carbocycles. The third-order valence-electron chi connectivity index (χ3n) is 4.23. The molecule has 0 bridgehead atoms. The molecule has 4 nitrogen and oxygen atoms in total. The van der Waals surface area contributed by atoms with E-state index >= 15 is 0 Å². The molecule has 0 aromatic carbocycles. The van der Waals surface area contributed by atoms with Gasteiger partial charge in [-0.1, -0.05) is 27.7 Å². The van der Waals surface area contributed by atoms with Gasteiger partial charge in [0, 0.05) is 19.3 Å². The van der Waals surface area contributed by atoms with Crippen LogP contribution in [-0.2, 0) is 11.3 Å². The van der Waals surface area contributed by atoms with E-state index in [4.69, 9.17) is 4.74 Å². The van der Waals surface area contributed by atoms with Crippen LogP contribution in [0.15, 0.2) is 12.3 Å². The molecule has 1 atom stereocenters. The van der Waals surface area contributed by atoms with Crippen molar-refractivity contribution in [1.82, 2.24) is 15.1 Å². The van der Waals surface area contributed by atoms with Crippen LogP contribution in [0.3, 0.4) is 0 Å². The lowest BCUT2D eigenvalue weighted by Crippen LogP contribution is -2.46. The van der Waals surface area contributed by atoms with Gasteiger partial charge in [0.1, 0.15) is 0 Å². The Morgan fingerprint density at radius 3 is 2.43 bits per heavy atom. The van der Waals surface area contributed by atoms with Crippen LogP contribution < -0.4 is 5.32 Å². The van der Waals surface area contributed by atoms with Gasteiger partial charge in [0.05, 0.1) is 17.3 Å². The minimum absolute atomic E-state index is 0.157. The van der Waals surface area contributed by atoms with Gasteiger partial charge in [-0.2, -0.15) is 5.10 Å². The van der Waals surface area contributed by atoms with E-state index in [1.807, 2.05) is 6.20 Å². The van der Waals surface area contributed by atoms with E-state index in [-0.39, 0.29) is 11.6 Å². The van der Waals surface area contributed by atoms with Gasteiger partial charge in [-0.15, -0.1) is 0 Å². The van der Waals surface area contributed by atoms with Gasteiger partial charge in [-0.05, 0) is 45.2 Å². The zero-order chi connectivity index (χ0) is 15.7. The van der Waals surface area contributed by atoms with Crippen LogP contribution in [0.2, 0.25) is 0 Å². The number of ether oxygens (including phenoxy) is 1. The Bertz CT molecular complexity index is 385. The largest absolute Gasteiger partial charge is 0.373 e. The fourth-order valence-corrected chi connectivity index (χ4v) is 3.07. The highest BCUT2D eigenvalue weighted by molar-refractivity contribution is 5.13. The fraction of sp³-hybridized carbons (Fsp3) is 0.824. The number of nitrogens with one attached hydrogen (secondary N) is 1. The summed E-state index contributed by atoms with van der Waals surface area (Å²) in [6, 6.07) is 2.34. The van der Waals surface area contributed by atoms with Crippen LogP contribution in [0.5, 0.6) is 0 Å². The first-order valence-electron chi connectivity index (χ1n) is 8.58. The molecule has 1 unspecified atom stereocenters. The van der Waals surface area contributed by atoms with Crippen molar-refractivity contribution in [3.63, 3.8) is 0 Å². The minimum atomic E-state index is -0.157. The maximum absolute atomic E-state index is 6.24. The van der Waals surface area contributed by atoms with Gasteiger partial charge >= 0.3 is 0 Å². The molecule has 0 aliphatic rings. The third-order valence-corrected chi connectivity index (χ3v) is 4.23. The summed E-state index contributed by atoms with van der Waals surface area (Å²) in [5, 5.41) is 8.21. The summed E-state index contributed by atoms with van der Waals surface area (Å²) in [5.74, 6) is 0. The normalized spacial score (nSPS) is 13.6. The summed E-state index contributed by atoms with van der Waals surface area (Å²) >= 11 is 0. The highest BCUT2D eigenvalue weighted by Gasteiger charge is 2.38. The van der Waals surface area contributed by atoms with E-state index in [9.17, 15) is 0 Å². The molecule has 0 aliphatic heterocycles. The van der Waals surface area contributed by atoms with Crippen molar-refractivity contribution >= 4 is 0 Å². The van der Waals surface area contributed by atoms with Crippen LogP contribution in [0.1, 0.15) is 72.0 Å². The van der Waals surface area contributed by atoms with E-state index in [1.54, 1.807) is 0 Å². The summed E-state index contributed by atoms with van der Waals surface area (Å²) in [7, 11) is 0. The van der Waals surface area contributed by atoms with E-state index in [0.717, 1.165) is 45.4 Å². The van der Waals surface area contributed by atoms with E-state index in [2.05, 4.69) is 55.8 Å². The maximum Gasteiger partial charge on any atom is 0.0886 e. The molecule has 1 aromatic rings. The molecule has 0 saturated carbocycles. The Morgan fingerprint density at radius 1 is 1.19 bits per heavy atom. The number of nitrogens with zero attached hydrogens (tertiary/aromatic N) is 2. The molecule has 1 heterocycles. The minimum Gasteiger partial charge on any atom is -0.373 e. The molecule has 0 radical (unpaired) electrons. The van der Waals surface area contributed by atoms with Crippen molar-refractivity contribution in [3.05, 3.63) is 18.0 Å². The third kappa shape index (κ3) is 4.30. The van der Waals surface area contributed by atoms with Crippen molar-refractivity contribution < 1.29 is 4.74 Å². The summed E-state index contributed by atoms with van der Waals surface area (Å²) in [6.45, 7) is 13.6. The molecule has 1 rings (SSSR count). The zero-order valence-electron chi connectivity index (χ0n) is 14.5. The Kier molecular flexibility index (Phi) is 7.97. The first-order chi connectivity index (χ1) is 10.2. The highest BCUT2D eigenvalue weighted by Crippen LogP contribution is 2.35. The lowest BCUT2D eigenvalue weighted by molar-refractivity contribution is -0.0751. The summed E-state index contributed by atoms with van der Waals surface area (Å²) in [6.07, 6.45) is 6.11. The maximum atomic E-state index is 6.24. The van der Waals surface area contributed by atoms with Crippen LogP contribution in [-0.4, -0.2) is 28.5 Å². The van der Waals surface area contributed by atoms with Crippen LogP contribution in [0.4, 0.5) is 0 Å². The number of rotatable bonds is 11. The quantitative estimate of drug-likeness (QED) is 0.672. The molecular weight excluding hydrogens is 262 g/mol. The van der Waals surface area contributed by atoms with Gasteiger partial charge < -0.3 is 10.1 Å². The average molecular weight is 295 g/mol. The van der Waals surface area contributed by atoms with Crippen LogP contribution in [0.25, 0.3) is 0 Å². The summed E-state index contributed by atoms with van der Waals surface area (Å²) in [4.78, 5) is 0. The van der Waals surface area contributed by atoms with Crippen LogP contribution >= 0.6 is 0 Å². The van der Waals surface area contributed by atoms with E-state index in [0.29, 0.717) is 0 Å². The molecule has 0 spiro atoms. The van der Waals surface area contributed by atoms with Crippen molar-refractivity contribution in [3.8, 4) is 0 Å². The number of hydrogen-bond donors (Lipinski definition) is 1. The van der Waals surface area contributed by atoms with Crippen LogP contribution in [0, 0.1) is 0 Å². The molecule has 0 saturated heterocycles. The predicted molar refractivity (Wildman–Crippen MR) is 88.5 cm³/mol. The Hall–Kier alpha value is -0.870. The first-order valence-corrected chi connectivity index (χ1v) is 8.58. The molecule has 122 valence electrons. The Morgan fingerprint density at radius 2 is 1.90 bits per heavy atom. The van der Waals surface area contributed by atoms with E-state index < -0.39 is 0 Å². The standard InChI is InChI=1S/C17H33N3O/c1-6-12-18-16(17(8-3,9-4)21-10-5)15-11-13-19-20(15)14-7-2/h11,13,16,18H,6-10,12,14H2,1-5H3. The number of aryl methyl sites for hydroxylation is 1. The number of aromatic nitrogens is 2. The SMILES string of the molecule is CCCNC(c1ccnn1CCC)C(CC)(CC)OCC. The van der Waals surface area contributed by atoms with Crippen molar-refractivity contribution in [1.29, 1.82) is 0 Å². The van der Waals surface area contributed by atoms with Gasteiger partial charge in [-0.3, -0.25) is 4.68 Å². The van der Waals surface area contributed by atoms with Crippen molar-refractivity contribution in [2.45, 2.75) is 78.5 Å². The highest BCUT2D eigenvalue weighted by atomic mass is 16.5. The Labute approximate surface area is 130 Å². The van der Waals surface area contributed by atoms with Gasteiger partial charge in [0.25, 0.3) is 0 Å². The zero-order valence-corrected chi connectivity index (χ0v) is 14.5. The van der Waals surface area contributed by atoms with Gasteiger partial charge in [-0.25, -0.2) is 0 Å². The second-order valence-electron chi connectivity index (χ2n) is 5.57. The molecule has 4 heteroatoms. The molecule has 0 amide bonds. The van der Waals surface area contributed by atoms with Crippen molar-refractivity contribution in [2.75, 3.05) is 13.2 Å². The topological polar surface area (TPSA) is 39.1 Å². The van der Waals surface area contributed by atoms with Gasteiger partial charge in [0.2, 0.25) is 0 Å². The molecule has 0 fully saturated rings. The van der Waals surface area contributed by atoms with E-state index in [1.165, 1.54) is 5.69 Å². The average Bonchev–Trinajstić information content (AvgIpc) is 2.95. The fourth-order valence-electron chi connectivity index (χ4n) is 3.07. The summed E-state index contributed by atoms with van der Waals surface area (Å²) < 4.78 is 8.37. The smallest absolute Gasteiger partial charge is 0.0886 e. The lowest BCUT2D eigenvalue weighted by Gasteiger charge is -2.40. The molecule has 21 heavy (non-hydrogen) atoms. The van der Waals surface area contributed by atoms with Gasteiger partial charge in [0.15, 0.2) is 0 Å². The molecular formula is C17H33N3O. The second-order valence-corrected chi connectivity index (χ2v) is 5.57. The molecule has 1 N–H and O–H groups in total. The second kappa shape index (κ2) is 9.21. The summed E-state index contributed by atoms with van der Waals surface area (Å²) in [5.41, 5.74) is 1.09.